The molecule has 2 aromatic heterocycles. The third kappa shape index (κ3) is 3.26. The Morgan fingerprint density at radius 1 is 1.14 bits per heavy atom. The molecule has 0 saturated heterocycles. The van der Waals surface area contributed by atoms with E-state index in [1.807, 2.05) is 11.4 Å². The summed E-state index contributed by atoms with van der Waals surface area (Å²) in [5.41, 5.74) is 0.369. The van der Waals surface area contributed by atoms with Crippen LogP contribution in [0.3, 0.4) is 0 Å². The lowest BCUT2D eigenvalue weighted by Crippen LogP contribution is -2.04. The first-order valence-electron chi connectivity index (χ1n) is 6.60. The Bertz CT molecular complexity index is 729. The summed E-state index contributed by atoms with van der Waals surface area (Å²) < 4.78 is 37.9. The highest BCUT2D eigenvalue weighted by atomic mass is 32.1. The van der Waals surface area contributed by atoms with Gasteiger partial charge in [0.1, 0.15) is 5.82 Å². The van der Waals surface area contributed by atoms with Crippen LogP contribution < -0.4 is 0 Å². The number of hydrogen-bond donors (Lipinski definition) is 1. The largest absolute Gasteiger partial charge is 0.416 e. The number of H-pyrrole nitrogens is 1. The average Bonchev–Trinajstić information content (AvgIpc) is 3.05. The van der Waals surface area contributed by atoms with Crippen molar-refractivity contribution < 1.29 is 13.2 Å². The van der Waals surface area contributed by atoms with Crippen molar-refractivity contribution in [3.63, 3.8) is 0 Å². The standard InChI is InChI=1S/C15H13F3N2S/c16-15(17,18)10-6-7-12-13(9-10)20-14(19-12)5-1-3-11-4-2-8-21-11/h2,4,6-9H,1,3,5H2,(H,19,20). The maximum absolute atomic E-state index is 12.6. The van der Waals surface area contributed by atoms with Gasteiger partial charge >= 0.3 is 6.18 Å². The number of benzene rings is 1. The summed E-state index contributed by atoms with van der Waals surface area (Å²) in [5.74, 6) is 0.737. The van der Waals surface area contributed by atoms with Gasteiger partial charge < -0.3 is 4.98 Å². The van der Waals surface area contributed by atoms with Crippen molar-refractivity contribution in [2.24, 2.45) is 0 Å². The summed E-state index contributed by atoms with van der Waals surface area (Å²) >= 11 is 1.71. The monoisotopic (exact) mass is 310 g/mol. The lowest BCUT2D eigenvalue weighted by molar-refractivity contribution is -0.137. The molecule has 0 amide bonds. The van der Waals surface area contributed by atoms with Crippen LogP contribution in [-0.2, 0) is 19.0 Å². The molecule has 6 heteroatoms. The fourth-order valence-corrected chi connectivity index (χ4v) is 2.99. The first kappa shape index (κ1) is 14.1. The second kappa shape index (κ2) is 5.52. The van der Waals surface area contributed by atoms with Crippen LogP contribution in [0.4, 0.5) is 13.2 Å². The lowest BCUT2D eigenvalue weighted by Gasteiger charge is -2.05. The number of thiophene rings is 1. The zero-order valence-electron chi connectivity index (χ0n) is 11.1. The topological polar surface area (TPSA) is 28.7 Å². The van der Waals surface area contributed by atoms with Crippen LogP contribution >= 0.6 is 11.3 Å². The van der Waals surface area contributed by atoms with E-state index in [9.17, 15) is 13.2 Å². The van der Waals surface area contributed by atoms with Crippen LogP contribution in [0.25, 0.3) is 11.0 Å². The van der Waals surface area contributed by atoms with Gasteiger partial charge in [0.05, 0.1) is 16.6 Å². The third-order valence-electron chi connectivity index (χ3n) is 3.28. The average molecular weight is 310 g/mol. The minimum Gasteiger partial charge on any atom is -0.342 e. The smallest absolute Gasteiger partial charge is 0.342 e. The maximum atomic E-state index is 12.6. The van der Waals surface area contributed by atoms with E-state index < -0.39 is 11.7 Å². The normalized spacial score (nSPS) is 12.1. The summed E-state index contributed by atoms with van der Waals surface area (Å²) in [4.78, 5) is 8.63. The van der Waals surface area contributed by atoms with Gasteiger partial charge in [-0.05, 0) is 42.5 Å². The number of hydrogen-bond acceptors (Lipinski definition) is 2. The zero-order valence-corrected chi connectivity index (χ0v) is 11.9. The molecule has 3 rings (SSSR count). The molecule has 0 aliphatic rings. The molecule has 3 aromatic rings. The number of alkyl halides is 3. The number of imidazole rings is 1. The minimum absolute atomic E-state index is 0.441. The first-order valence-corrected chi connectivity index (χ1v) is 7.48. The van der Waals surface area contributed by atoms with Crippen molar-refractivity contribution in [3.05, 3.63) is 52.0 Å². The number of aromatic amines is 1. The Kier molecular flexibility index (Phi) is 3.71. The predicted molar refractivity (Wildman–Crippen MR) is 77.4 cm³/mol. The van der Waals surface area contributed by atoms with Crippen molar-refractivity contribution in [2.75, 3.05) is 0 Å². The molecule has 0 atom stereocenters. The molecule has 1 aromatic carbocycles. The number of nitrogens with one attached hydrogen (secondary N) is 1. The fourth-order valence-electron chi connectivity index (χ4n) is 2.24. The van der Waals surface area contributed by atoms with Crippen LogP contribution in [0.2, 0.25) is 0 Å². The molecule has 0 aliphatic heterocycles. The van der Waals surface area contributed by atoms with Gasteiger partial charge in [-0.3, -0.25) is 0 Å². The molecule has 1 N–H and O–H groups in total. The molecular formula is C15H13F3N2S. The van der Waals surface area contributed by atoms with Crippen molar-refractivity contribution in [1.82, 2.24) is 9.97 Å². The van der Waals surface area contributed by atoms with Gasteiger partial charge in [0.15, 0.2) is 0 Å². The third-order valence-corrected chi connectivity index (χ3v) is 4.21. The summed E-state index contributed by atoms with van der Waals surface area (Å²) in [6.45, 7) is 0. The van der Waals surface area contributed by atoms with Crippen LogP contribution in [0, 0.1) is 0 Å². The summed E-state index contributed by atoms with van der Waals surface area (Å²) in [5, 5.41) is 2.04. The van der Waals surface area contributed by atoms with Gasteiger partial charge in [-0.2, -0.15) is 13.2 Å². The van der Waals surface area contributed by atoms with Gasteiger partial charge in [0, 0.05) is 11.3 Å². The van der Waals surface area contributed by atoms with Gasteiger partial charge in [-0.15, -0.1) is 11.3 Å². The molecule has 0 fully saturated rings. The van der Waals surface area contributed by atoms with Crippen LogP contribution in [0.15, 0.2) is 35.7 Å². The van der Waals surface area contributed by atoms with E-state index in [2.05, 4.69) is 16.0 Å². The number of fused-ring (bicyclic) bond motifs is 1. The molecule has 2 heterocycles. The van der Waals surface area contributed by atoms with Crippen LogP contribution in [-0.4, -0.2) is 9.97 Å². The molecule has 0 radical (unpaired) electrons. The first-order chi connectivity index (χ1) is 10.0. The van der Waals surface area contributed by atoms with Crippen molar-refractivity contribution in [2.45, 2.75) is 25.4 Å². The van der Waals surface area contributed by atoms with Gasteiger partial charge in [-0.1, -0.05) is 6.07 Å². The second-order valence-corrected chi connectivity index (χ2v) is 5.88. The van der Waals surface area contributed by atoms with Crippen molar-refractivity contribution in [3.8, 4) is 0 Å². The van der Waals surface area contributed by atoms with Gasteiger partial charge in [0.25, 0.3) is 0 Å². The summed E-state index contributed by atoms with van der Waals surface area (Å²) in [7, 11) is 0. The SMILES string of the molecule is FC(F)(F)c1ccc2nc(CCCc3cccs3)[nH]c2c1. The number of halogens is 3. The molecule has 0 bridgehead atoms. The van der Waals surface area contributed by atoms with E-state index in [4.69, 9.17) is 0 Å². The Labute approximate surface area is 123 Å². The number of aromatic nitrogens is 2. The summed E-state index contributed by atoms with van der Waals surface area (Å²) in [6.07, 6.45) is -1.71. The van der Waals surface area contributed by atoms with E-state index in [1.54, 1.807) is 11.3 Å². The molecule has 0 saturated carbocycles. The van der Waals surface area contributed by atoms with E-state index in [0.717, 1.165) is 37.2 Å². The van der Waals surface area contributed by atoms with Crippen LogP contribution in [0.1, 0.15) is 22.7 Å². The molecule has 0 aliphatic carbocycles. The van der Waals surface area contributed by atoms with E-state index >= 15 is 0 Å². The fraction of sp³-hybridized carbons (Fsp3) is 0.267. The van der Waals surface area contributed by atoms with Gasteiger partial charge in [-0.25, -0.2) is 4.98 Å². The number of nitrogens with zero attached hydrogens (tertiary/aromatic N) is 1. The minimum atomic E-state index is -4.32. The molecular weight excluding hydrogens is 297 g/mol. The number of rotatable bonds is 4. The van der Waals surface area contributed by atoms with Gasteiger partial charge in [0.2, 0.25) is 0 Å². The predicted octanol–water partition coefficient (Wildman–Crippen LogP) is 4.82. The Morgan fingerprint density at radius 3 is 2.71 bits per heavy atom. The van der Waals surface area contributed by atoms with E-state index in [-0.39, 0.29) is 0 Å². The molecule has 21 heavy (non-hydrogen) atoms. The highest BCUT2D eigenvalue weighted by molar-refractivity contribution is 7.09. The van der Waals surface area contributed by atoms with Crippen molar-refractivity contribution in [1.29, 1.82) is 0 Å². The maximum Gasteiger partial charge on any atom is 0.416 e. The summed E-state index contributed by atoms with van der Waals surface area (Å²) in [6, 6.07) is 7.69. The van der Waals surface area contributed by atoms with E-state index in [0.29, 0.717) is 11.0 Å². The second-order valence-electron chi connectivity index (χ2n) is 4.85. The molecule has 0 spiro atoms. The Morgan fingerprint density at radius 2 is 2.00 bits per heavy atom. The molecule has 110 valence electrons. The van der Waals surface area contributed by atoms with Crippen LogP contribution in [0.5, 0.6) is 0 Å². The lowest BCUT2D eigenvalue weighted by atomic mass is 10.2. The highest BCUT2D eigenvalue weighted by Crippen LogP contribution is 2.30. The molecule has 0 unspecified atom stereocenters. The van der Waals surface area contributed by atoms with E-state index in [1.165, 1.54) is 10.9 Å². The Hall–Kier alpha value is -1.82. The molecule has 2 nitrogen and oxygen atoms in total. The Balaban J connectivity index is 1.72. The zero-order chi connectivity index (χ0) is 14.9. The highest BCUT2D eigenvalue weighted by Gasteiger charge is 2.30. The quantitative estimate of drug-likeness (QED) is 0.735. The van der Waals surface area contributed by atoms with Crippen molar-refractivity contribution >= 4 is 22.4 Å². The number of aryl methyl sites for hydroxylation is 2.